The Morgan fingerprint density at radius 3 is 2.65 bits per heavy atom. The SMILES string of the molecule is CCC(C)(CN)C(=O)N1CCCC1CC(=O)O. The molecule has 0 radical (unpaired) electrons. The van der Waals surface area contributed by atoms with Crippen molar-refractivity contribution in [3.8, 4) is 0 Å². The van der Waals surface area contributed by atoms with Crippen LogP contribution < -0.4 is 5.73 Å². The first kappa shape index (κ1) is 14.0. The van der Waals surface area contributed by atoms with Gasteiger partial charge in [-0.15, -0.1) is 0 Å². The minimum absolute atomic E-state index is 0.00579. The molecular formula is C12H22N2O3. The highest BCUT2D eigenvalue weighted by atomic mass is 16.4. The van der Waals surface area contributed by atoms with Crippen LogP contribution in [-0.4, -0.2) is 41.0 Å². The standard InChI is InChI=1S/C12H22N2O3/c1-3-12(2,8-13)11(17)14-6-4-5-9(14)7-10(15)16/h9H,3-8,13H2,1-2H3,(H,15,16). The Balaban J connectivity index is 2.77. The molecule has 5 heteroatoms. The van der Waals surface area contributed by atoms with E-state index in [9.17, 15) is 9.59 Å². The van der Waals surface area contributed by atoms with E-state index in [1.807, 2.05) is 13.8 Å². The summed E-state index contributed by atoms with van der Waals surface area (Å²) >= 11 is 0. The number of nitrogens with two attached hydrogens (primary N) is 1. The van der Waals surface area contributed by atoms with Gasteiger partial charge in [0, 0.05) is 19.1 Å². The van der Waals surface area contributed by atoms with Gasteiger partial charge in [0.2, 0.25) is 5.91 Å². The fraction of sp³-hybridized carbons (Fsp3) is 0.833. The topological polar surface area (TPSA) is 83.6 Å². The van der Waals surface area contributed by atoms with Crippen LogP contribution in [0, 0.1) is 5.41 Å². The molecule has 0 bridgehead atoms. The lowest BCUT2D eigenvalue weighted by Gasteiger charge is -2.33. The number of likely N-dealkylation sites (tertiary alicyclic amines) is 1. The summed E-state index contributed by atoms with van der Waals surface area (Å²) < 4.78 is 0. The zero-order chi connectivity index (χ0) is 13.1. The first-order chi connectivity index (χ1) is 7.94. The summed E-state index contributed by atoms with van der Waals surface area (Å²) in [5, 5.41) is 8.83. The highest BCUT2D eigenvalue weighted by Gasteiger charge is 2.39. The van der Waals surface area contributed by atoms with E-state index in [0.29, 0.717) is 19.5 Å². The molecule has 1 aliphatic heterocycles. The molecule has 3 N–H and O–H groups in total. The average molecular weight is 242 g/mol. The molecule has 0 aromatic rings. The van der Waals surface area contributed by atoms with E-state index >= 15 is 0 Å². The van der Waals surface area contributed by atoms with Gasteiger partial charge in [-0.05, 0) is 26.2 Å². The molecule has 17 heavy (non-hydrogen) atoms. The molecule has 98 valence electrons. The van der Waals surface area contributed by atoms with Gasteiger partial charge in [0.15, 0.2) is 0 Å². The smallest absolute Gasteiger partial charge is 0.305 e. The molecule has 0 aromatic heterocycles. The van der Waals surface area contributed by atoms with E-state index in [2.05, 4.69) is 0 Å². The summed E-state index contributed by atoms with van der Waals surface area (Å²) in [7, 11) is 0. The van der Waals surface area contributed by atoms with Crippen LogP contribution in [0.4, 0.5) is 0 Å². The highest BCUT2D eigenvalue weighted by molar-refractivity contribution is 5.83. The predicted molar refractivity (Wildman–Crippen MR) is 64.4 cm³/mol. The van der Waals surface area contributed by atoms with Crippen molar-refractivity contribution in [2.24, 2.45) is 11.1 Å². The summed E-state index contributed by atoms with van der Waals surface area (Å²) in [5.41, 5.74) is 5.11. The second kappa shape index (κ2) is 5.49. The van der Waals surface area contributed by atoms with Gasteiger partial charge in [-0.3, -0.25) is 9.59 Å². The molecule has 1 aliphatic rings. The number of carbonyl (C=O) groups is 2. The van der Waals surface area contributed by atoms with Crippen molar-refractivity contribution in [1.82, 2.24) is 4.90 Å². The molecule has 1 heterocycles. The summed E-state index contributed by atoms with van der Waals surface area (Å²) in [5.74, 6) is -0.841. The molecule has 2 atom stereocenters. The highest BCUT2D eigenvalue weighted by Crippen LogP contribution is 2.29. The zero-order valence-electron chi connectivity index (χ0n) is 10.6. The number of carboxylic acids is 1. The van der Waals surface area contributed by atoms with Crippen LogP contribution in [0.1, 0.15) is 39.5 Å². The van der Waals surface area contributed by atoms with E-state index in [1.165, 1.54) is 0 Å². The molecule has 1 fully saturated rings. The van der Waals surface area contributed by atoms with Gasteiger partial charge >= 0.3 is 5.97 Å². The Kier molecular flexibility index (Phi) is 4.51. The van der Waals surface area contributed by atoms with Gasteiger partial charge in [0.05, 0.1) is 11.8 Å². The summed E-state index contributed by atoms with van der Waals surface area (Å²) in [6, 6.07) is -0.155. The van der Waals surface area contributed by atoms with Crippen molar-refractivity contribution in [2.75, 3.05) is 13.1 Å². The Hall–Kier alpha value is -1.10. The minimum atomic E-state index is -0.847. The number of carbonyl (C=O) groups excluding carboxylic acids is 1. The monoisotopic (exact) mass is 242 g/mol. The molecule has 5 nitrogen and oxygen atoms in total. The second-order valence-corrected chi connectivity index (χ2v) is 5.01. The Bertz CT molecular complexity index is 300. The second-order valence-electron chi connectivity index (χ2n) is 5.01. The van der Waals surface area contributed by atoms with Gasteiger partial charge in [-0.2, -0.15) is 0 Å². The number of amides is 1. The Morgan fingerprint density at radius 2 is 2.18 bits per heavy atom. The molecule has 0 saturated carbocycles. The van der Waals surface area contributed by atoms with Gasteiger partial charge in [-0.25, -0.2) is 0 Å². The van der Waals surface area contributed by atoms with Gasteiger partial charge in [0.25, 0.3) is 0 Å². The van der Waals surface area contributed by atoms with Crippen LogP contribution >= 0.6 is 0 Å². The molecule has 0 aliphatic carbocycles. The van der Waals surface area contributed by atoms with E-state index in [4.69, 9.17) is 10.8 Å². The average Bonchev–Trinajstić information content (AvgIpc) is 2.74. The van der Waals surface area contributed by atoms with Crippen molar-refractivity contribution in [3.05, 3.63) is 0 Å². The molecule has 2 unspecified atom stereocenters. The largest absolute Gasteiger partial charge is 0.481 e. The molecule has 1 amide bonds. The Labute approximate surface area is 102 Å². The van der Waals surface area contributed by atoms with Gasteiger partial charge < -0.3 is 15.7 Å². The van der Waals surface area contributed by atoms with E-state index < -0.39 is 11.4 Å². The number of hydrogen-bond donors (Lipinski definition) is 2. The van der Waals surface area contributed by atoms with Crippen LogP contribution in [0.5, 0.6) is 0 Å². The molecular weight excluding hydrogens is 220 g/mol. The minimum Gasteiger partial charge on any atom is -0.481 e. The van der Waals surface area contributed by atoms with Crippen molar-refractivity contribution < 1.29 is 14.7 Å². The fourth-order valence-electron chi connectivity index (χ4n) is 2.25. The third kappa shape index (κ3) is 2.97. The Morgan fingerprint density at radius 1 is 1.53 bits per heavy atom. The van der Waals surface area contributed by atoms with Gasteiger partial charge in [0.1, 0.15) is 0 Å². The van der Waals surface area contributed by atoms with E-state index in [1.54, 1.807) is 4.90 Å². The number of hydrogen-bond acceptors (Lipinski definition) is 3. The first-order valence-electron chi connectivity index (χ1n) is 6.17. The van der Waals surface area contributed by atoms with E-state index in [0.717, 1.165) is 12.8 Å². The number of nitrogens with zero attached hydrogens (tertiary/aromatic N) is 1. The van der Waals surface area contributed by atoms with Crippen LogP contribution in [0.2, 0.25) is 0 Å². The van der Waals surface area contributed by atoms with Gasteiger partial charge in [-0.1, -0.05) is 6.92 Å². The van der Waals surface area contributed by atoms with Crippen molar-refractivity contribution >= 4 is 11.9 Å². The summed E-state index contributed by atoms with van der Waals surface area (Å²) in [6.07, 6.45) is 2.38. The third-order valence-corrected chi connectivity index (χ3v) is 3.80. The fourth-order valence-corrected chi connectivity index (χ4v) is 2.25. The lowest BCUT2D eigenvalue weighted by atomic mass is 9.85. The first-order valence-corrected chi connectivity index (χ1v) is 6.17. The van der Waals surface area contributed by atoms with Crippen LogP contribution in [0.25, 0.3) is 0 Å². The van der Waals surface area contributed by atoms with Crippen LogP contribution in [0.15, 0.2) is 0 Å². The summed E-state index contributed by atoms with van der Waals surface area (Å²) in [6.45, 7) is 4.75. The quantitative estimate of drug-likeness (QED) is 0.748. The maximum atomic E-state index is 12.4. The lowest BCUT2D eigenvalue weighted by molar-refractivity contribution is -0.144. The number of carboxylic acid groups (broad SMARTS) is 1. The number of aliphatic carboxylic acids is 1. The van der Waals surface area contributed by atoms with Crippen LogP contribution in [0.3, 0.4) is 0 Å². The van der Waals surface area contributed by atoms with E-state index in [-0.39, 0.29) is 18.4 Å². The zero-order valence-corrected chi connectivity index (χ0v) is 10.6. The lowest BCUT2D eigenvalue weighted by Crippen LogP contribution is -2.48. The molecule has 0 spiro atoms. The maximum Gasteiger partial charge on any atom is 0.305 e. The normalized spacial score (nSPS) is 23.5. The molecule has 0 aromatic carbocycles. The van der Waals surface area contributed by atoms with Crippen molar-refractivity contribution in [3.63, 3.8) is 0 Å². The molecule has 1 saturated heterocycles. The third-order valence-electron chi connectivity index (χ3n) is 3.80. The van der Waals surface area contributed by atoms with Crippen molar-refractivity contribution in [1.29, 1.82) is 0 Å². The maximum absolute atomic E-state index is 12.4. The predicted octanol–water partition coefficient (Wildman–Crippen LogP) is 0.827. The van der Waals surface area contributed by atoms with Crippen LogP contribution in [-0.2, 0) is 9.59 Å². The summed E-state index contributed by atoms with van der Waals surface area (Å²) in [4.78, 5) is 24.8. The number of rotatable bonds is 5. The molecule has 1 rings (SSSR count). The van der Waals surface area contributed by atoms with Crippen molar-refractivity contribution in [2.45, 2.75) is 45.6 Å².